The summed E-state index contributed by atoms with van der Waals surface area (Å²) in [6, 6.07) is 3.58. The summed E-state index contributed by atoms with van der Waals surface area (Å²) in [4.78, 5) is 8.75. The lowest BCUT2D eigenvalue weighted by Gasteiger charge is -2.17. The highest BCUT2D eigenvalue weighted by atomic mass is 35.5. The highest BCUT2D eigenvalue weighted by Crippen LogP contribution is 2.29. The molecule has 1 aliphatic rings. The Morgan fingerprint density at radius 2 is 2.18 bits per heavy atom. The fraction of sp³-hybridized carbons (Fsp3) is 0.632. The zero-order valence-corrected chi connectivity index (χ0v) is 18.6. The van der Waals surface area contributed by atoms with Crippen molar-refractivity contribution in [2.75, 3.05) is 25.1 Å². The molecule has 1 aliphatic heterocycles. The van der Waals surface area contributed by atoms with E-state index in [4.69, 9.17) is 21.1 Å². The Labute approximate surface area is 172 Å². The van der Waals surface area contributed by atoms with Gasteiger partial charge in [0.15, 0.2) is 0 Å². The van der Waals surface area contributed by atoms with Gasteiger partial charge in [-0.2, -0.15) is 15.2 Å². The van der Waals surface area contributed by atoms with Crippen molar-refractivity contribution in [1.82, 2.24) is 14.5 Å². The molecular formula is C19H28ClN5O2Si. The first-order valence-corrected chi connectivity index (χ1v) is 13.8. The van der Waals surface area contributed by atoms with E-state index < -0.39 is 8.07 Å². The summed E-state index contributed by atoms with van der Waals surface area (Å²) in [5.41, 5.74) is 1.14. The van der Waals surface area contributed by atoms with Gasteiger partial charge in [0, 0.05) is 40.1 Å². The number of nitrogens with one attached hydrogen (secondary N) is 1. The van der Waals surface area contributed by atoms with Crippen molar-refractivity contribution in [3.05, 3.63) is 17.0 Å². The molecule has 0 spiro atoms. The average molecular weight is 422 g/mol. The monoisotopic (exact) mass is 421 g/mol. The molecule has 0 amide bonds. The van der Waals surface area contributed by atoms with Gasteiger partial charge in [-0.1, -0.05) is 19.6 Å². The van der Waals surface area contributed by atoms with Gasteiger partial charge in [0.2, 0.25) is 5.28 Å². The number of hydrogen-bond acceptors (Lipinski definition) is 6. The van der Waals surface area contributed by atoms with E-state index in [0.29, 0.717) is 35.8 Å². The maximum Gasteiger partial charge on any atom is 0.226 e. The smallest absolute Gasteiger partial charge is 0.226 e. The predicted molar refractivity (Wildman–Crippen MR) is 113 cm³/mol. The zero-order valence-electron chi connectivity index (χ0n) is 16.8. The molecule has 7 nitrogen and oxygen atoms in total. The van der Waals surface area contributed by atoms with Crippen molar-refractivity contribution in [3.8, 4) is 6.07 Å². The molecule has 0 saturated carbocycles. The van der Waals surface area contributed by atoms with E-state index in [0.717, 1.165) is 38.5 Å². The first kappa shape index (κ1) is 21.1. The molecule has 2 aromatic rings. The quantitative estimate of drug-likeness (QED) is 0.408. The van der Waals surface area contributed by atoms with Crippen LogP contribution in [0.25, 0.3) is 11.0 Å². The summed E-state index contributed by atoms with van der Waals surface area (Å²) in [6.45, 7) is 9.50. The topological polar surface area (TPSA) is 85.0 Å². The standard InChI is InChI=1S/C19H28ClN5O2Si/c1-28(2,3)10-9-27-13-25-12-14(11-21)16-17(23-19(20)24-18(16)25)22-15-5-4-7-26-8-6-15/h12,15H,4-10,13H2,1-3H3,(H,22,23,24). The Morgan fingerprint density at radius 3 is 2.93 bits per heavy atom. The molecule has 1 unspecified atom stereocenters. The zero-order chi connectivity index (χ0) is 20.1. The largest absolute Gasteiger partial charge is 0.381 e. The fourth-order valence-electron chi connectivity index (χ4n) is 3.23. The SMILES string of the molecule is C[Si](C)(C)CCOCn1cc(C#N)c2c(NC3CCCOCC3)nc(Cl)nc21. The maximum atomic E-state index is 9.64. The molecular weight excluding hydrogens is 394 g/mol. The fourth-order valence-corrected chi connectivity index (χ4v) is 4.15. The van der Waals surface area contributed by atoms with Gasteiger partial charge in [-0.25, -0.2) is 0 Å². The molecule has 2 aromatic heterocycles. The van der Waals surface area contributed by atoms with Crippen molar-refractivity contribution >= 4 is 36.5 Å². The number of hydrogen-bond donors (Lipinski definition) is 1. The number of nitrogens with zero attached hydrogens (tertiary/aromatic N) is 4. The first-order valence-electron chi connectivity index (χ1n) is 9.76. The number of anilines is 1. The first-order chi connectivity index (χ1) is 13.4. The van der Waals surface area contributed by atoms with Crippen LogP contribution in [0.3, 0.4) is 0 Å². The van der Waals surface area contributed by atoms with Crippen LogP contribution in [0, 0.1) is 11.3 Å². The highest BCUT2D eigenvalue weighted by molar-refractivity contribution is 6.76. The second-order valence-electron chi connectivity index (χ2n) is 8.40. The van der Waals surface area contributed by atoms with Crippen molar-refractivity contribution in [1.29, 1.82) is 5.26 Å². The number of rotatable bonds is 7. The van der Waals surface area contributed by atoms with Crippen LogP contribution in [0.1, 0.15) is 24.8 Å². The molecule has 1 saturated heterocycles. The highest BCUT2D eigenvalue weighted by Gasteiger charge is 2.20. The van der Waals surface area contributed by atoms with Crippen LogP contribution in [0.15, 0.2) is 6.20 Å². The molecule has 3 heterocycles. The molecule has 0 aromatic carbocycles. The minimum absolute atomic E-state index is 0.158. The van der Waals surface area contributed by atoms with E-state index in [9.17, 15) is 5.26 Å². The van der Waals surface area contributed by atoms with Crippen LogP contribution in [0.2, 0.25) is 31.0 Å². The molecule has 1 fully saturated rings. The van der Waals surface area contributed by atoms with Gasteiger partial charge in [0.25, 0.3) is 0 Å². The number of halogens is 1. The lowest BCUT2D eigenvalue weighted by atomic mass is 10.1. The summed E-state index contributed by atoms with van der Waals surface area (Å²) in [7, 11) is -1.15. The molecule has 3 rings (SSSR count). The lowest BCUT2D eigenvalue weighted by molar-refractivity contribution is 0.0898. The third-order valence-corrected chi connectivity index (χ3v) is 6.70. The summed E-state index contributed by atoms with van der Waals surface area (Å²) in [6.07, 6.45) is 4.65. The normalized spacial score (nSPS) is 18.0. The van der Waals surface area contributed by atoms with Gasteiger partial charge < -0.3 is 19.4 Å². The molecule has 0 aliphatic carbocycles. The van der Waals surface area contributed by atoms with Crippen molar-refractivity contribution < 1.29 is 9.47 Å². The van der Waals surface area contributed by atoms with E-state index in [1.54, 1.807) is 6.20 Å². The molecule has 1 atom stereocenters. The van der Waals surface area contributed by atoms with Crippen molar-refractivity contribution in [2.24, 2.45) is 0 Å². The maximum absolute atomic E-state index is 9.64. The predicted octanol–water partition coefficient (Wildman–Crippen LogP) is 4.25. The molecule has 0 bridgehead atoms. The summed E-state index contributed by atoms with van der Waals surface area (Å²) in [5.74, 6) is 0.610. The summed E-state index contributed by atoms with van der Waals surface area (Å²) < 4.78 is 13.2. The van der Waals surface area contributed by atoms with Crippen molar-refractivity contribution in [3.63, 3.8) is 0 Å². The molecule has 0 radical (unpaired) electrons. The lowest BCUT2D eigenvalue weighted by Crippen LogP contribution is -2.22. The molecule has 9 heteroatoms. The average Bonchev–Trinajstić information content (AvgIpc) is 2.78. The third-order valence-electron chi connectivity index (χ3n) is 4.83. The third kappa shape index (κ3) is 5.45. The minimum atomic E-state index is -1.15. The van der Waals surface area contributed by atoms with Gasteiger partial charge in [-0.15, -0.1) is 0 Å². The van der Waals surface area contributed by atoms with Gasteiger partial charge >= 0.3 is 0 Å². The van der Waals surface area contributed by atoms with Gasteiger partial charge in [0.05, 0.1) is 10.9 Å². The van der Waals surface area contributed by atoms with Gasteiger partial charge in [-0.3, -0.25) is 0 Å². The van der Waals surface area contributed by atoms with Crippen LogP contribution in [0.5, 0.6) is 0 Å². The Bertz CT molecular complexity index is 851. The Morgan fingerprint density at radius 1 is 1.36 bits per heavy atom. The van der Waals surface area contributed by atoms with E-state index in [1.165, 1.54) is 0 Å². The number of aromatic nitrogens is 3. The number of fused-ring (bicyclic) bond motifs is 1. The van der Waals surface area contributed by atoms with E-state index in [-0.39, 0.29) is 11.3 Å². The Kier molecular flexibility index (Phi) is 6.94. The molecule has 28 heavy (non-hydrogen) atoms. The van der Waals surface area contributed by atoms with E-state index >= 15 is 0 Å². The van der Waals surface area contributed by atoms with Gasteiger partial charge in [0.1, 0.15) is 24.3 Å². The van der Waals surface area contributed by atoms with Crippen LogP contribution in [-0.4, -0.2) is 48.5 Å². The number of nitriles is 1. The van der Waals surface area contributed by atoms with Gasteiger partial charge in [-0.05, 0) is 36.9 Å². The van der Waals surface area contributed by atoms with Crippen molar-refractivity contribution in [2.45, 2.75) is 57.7 Å². The van der Waals surface area contributed by atoms with Crippen LogP contribution in [0.4, 0.5) is 5.82 Å². The number of ether oxygens (including phenoxy) is 2. The summed E-state index contributed by atoms with van der Waals surface area (Å²) >= 11 is 6.20. The summed E-state index contributed by atoms with van der Waals surface area (Å²) in [5, 5.41) is 14.0. The van der Waals surface area contributed by atoms with Crippen LogP contribution < -0.4 is 5.32 Å². The molecule has 1 N–H and O–H groups in total. The molecule has 152 valence electrons. The Balaban J connectivity index is 1.84. The van der Waals surface area contributed by atoms with E-state index in [2.05, 4.69) is 41.0 Å². The Hall–Kier alpha value is -1.66. The van der Waals surface area contributed by atoms with Crippen LogP contribution in [-0.2, 0) is 16.2 Å². The second kappa shape index (κ2) is 9.22. The van der Waals surface area contributed by atoms with Crippen LogP contribution >= 0.6 is 11.6 Å². The second-order valence-corrected chi connectivity index (χ2v) is 14.4. The van der Waals surface area contributed by atoms with E-state index in [1.807, 2.05) is 4.57 Å². The minimum Gasteiger partial charge on any atom is -0.381 e.